The molecule has 2 amide bonds. The molecule has 0 saturated carbocycles. The molecule has 0 N–H and O–H groups in total. The Kier molecular flexibility index (Phi) is 5.11. The zero-order valence-corrected chi connectivity index (χ0v) is 15.8. The molecule has 0 bridgehead atoms. The summed E-state index contributed by atoms with van der Waals surface area (Å²) in [6, 6.07) is 8.61. The van der Waals surface area contributed by atoms with Crippen LogP contribution >= 0.6 is 27.5 Å². The summed E-state index contributed by atoms with van der Waals surface area (Å²) in [6.45, 7) is -0.309. The second-order valence-corrected chi connectivity index (χ2v) is 7.01. The van der Waals surface area contributed by atoms with Crippen molar-refractivity contribution in [3.8, 4) is 0 Å². The topological polar surface area (TPSA) is 63.7 Å². The Labute approximate surface area is 161 Å². The van der Waals surface area contributed by atoms with Gasteiger partial charge in [-0.3, -0.25) is 19.3 Å². The van der Waals surface area contributed by atoms with Crippen molar-refractivity contribution in [2.24, 2.45) is 0 Å². The predicted molar refractivity (Wildman–Crippen MR) is 95.2 cm³/mol. The summed E-state index contributed by atoms with van der Waals surface area (Å²) < 4.78 is 19.4. The Bertz CT molecular complexity index is 933. The van der Waals surface area contributed by atoms with Gasteiger partial charge >= 0.3 is 5.97 Å². The van der Waals surface area contributed by atoms with Crippen LogP contribution < -0.4 is 0 Å². The summed E-state index contributed by atoms with van der Waals surface area (Å²) in [4.78, 5) is 38.6. The highest BCUT2D eigenvalue weighted by Crippen LogP contribution is 2.33. The number of halogens is 3. The van der Waals surface area contributed by atoms with Gasteiger partial charge in [0.2, 0.25) is 5.91 Å². The van der Waals surface area contributed by atoms with E-state index >= 15 is 0 Å². The van der Waals surface area contributed by atoms with E-state index in [1.165, 1.54) is 30.3 Å². The molecule has 2 aromatic rings. The van der Waals surface area contributed by atoms with Gasteiger partial charge in [-0.05, 0) is 29.8 Å². The fraction of sp³-hybridized carbons (Fsp3) is 0.167. The van der Waals surface area contributed by atoms with E-state index in [9.17, 15) is 18.8 Å². The minimum atomic E-state index is -1.30. The summed E-state index contributed by atoms with van der Waals surface area (Å²) in [7, 11) is 1.15. The van der Waals surface area contributed by atoms with Crippen LogP contribution in [0.5, 0.6) is 0 Å². The highest BCUT2D eigenvalue weighted by Gasteiger charge is 2.43. The van der Waals surface area contributed by atoms with Gasteiger partial charge in [-0.1, -0.05) is 39.7 Å². The first-order valence-corrected chi connectivity index (χ1v) is 8.67. The third kappa shape index (κ3) is 3.24. The van der Waals surface area contributed by atoms with E-state index < -0.39 is 29.5 Å². The molecular weight excluding hydrogens is 429 g/mol. The molecule has 0 radical (unpaired) electrons. The Balaban J connectivity index is 2.07. The molecule has 5 nitrogen and oxygen atoms in total. The number of hydrogen-bond donors (Lipinski definition) is 0. The number of benzene rings is 2. The first-order valence-electron chi connectivity index (χ1n) is 7.50. The van der Waals surface area contributed by atoms with Gasteiger partial charge in [0.1, 0.15) is 5.82 Å². The van der Waals surface area contributed by atoms with Gasteiger partial charge < -0.3 is 4.74 Å². The van der Waals surface area contributed by atoms with Crippen LogP contribution in [0, 0.1) is 5.82 Å². The van der Waals surface area contributed by atoms with E-state index in [4.69, 9.17) is 16.3 Å². The van der Waals surface area contributed by atoms with Crippen LogP contribution in [0.4, 0.5) is 4.39 Å². The minimum Gasteiger partial charge on any atom is -0.468 e. The number of rotatable bonds is 3. The second-order valence-electron chi connectivity index (χ2n) is 5.65. The first kappa shape index (κ1) is 18.5. The number of carbonyl (C=O) groups is 3. The number of hydrogen-bond acceptors (Lipinski definition) is 4. The monoisotopic (exact) mass is 439 g/mol. The summed E-state index contributed by atoms with van der Waals surface area (Å²) in [6.07, 6.45) is 0. The standard InChI is InChI=1S/C18H12BrClFNO4/c1-26-18(25)15-12-5-4-11(20)7-13(12)16(23)22(17(15)24)8-9-2-3-10(19)6-14(9)21/h2-7,15H,8H2,1H3. The number of ether oxygens (including phenoxy) is 1. The van der Waals surface area contributed by atoms with Gasteiger partial charge in [-0.15, -0.1) is 0 Å². The summed E-state index contributed by atoms with van der Waals surface area (Å²) in [5, 5.41) is 0.282. The maximum Gasteiger partial charge on any atom is 0.322 e. The fourth-order valence-electron chi connectivity index (χ4n) is 2.82. The maximum atomic E-state index is 14.1. The van der Waals surface area contributed by atoms with Gasteiger partial charge in [0, 0.05) is 20.6 Å². The van der Waals surface area contributed by atoms with E-state index in [1.807, 2.05) is 0 Å². The zero-order chi connectivity index (χ0) is 19.0. The van der Waals surface area contributed by atoms with E-state index in [2.05, 4.69) is 15.9 Å². The van der Waals surface area contributed by atoms with Crippen LogP contribution in [0.25, 0.3) is 0 Å². The van der Waals surface area contributed by atoms with Gasteiger partial charge in [0.05, 0.1) is 13.7 Å². The summed E-state index contributed by atoms with van der Waals surface area (Å²) in [5.74, 6) is -4.09. The van der Waals surface area contributed by atoms with E-state index in [0.717, 1.165) is 12.0 Å². The molecule has 1 unspecified atom stereocenters. The molecular formula is C18H12BrClFNO4. The van der Waals surface area contributed by atoms with Gasteiger partial charge in [0.25, 0.3) is 5.91 Å². The average molecular weight is 441 g/mol. The normalized spacial score (nSPS) is 16.5. The molecule has 26 heavy (non-hydrogen) atoms. The molecule has 0 aromatic heterocycles. The quantitative estimate of drug-likeness (QED) is 0.415. The average Bonchev–Trinajstić information content (AvgIpc) is 2.60. The molecule has 1 aliphatic heterocycles. The molecule has 3 rings (SSSR count). The molecule has 0 fully saturated rings. The lowest BCUT2D eigenvalue weighted by Gasteiger charge is -2.31. The van der Waals surface area contributed by atoms with Crippen molar-refractivity contribution in [1.29, 1.82) is 0 Å². The van der Waals surface area contributed by atoms with E-state index in [0.29, 0.717) is 4.47 Å². The SMILES string of the molecule is COC(=O)C1C(=O)N(Cc2ccc(Br)cc2F)C(=O)c2cc(Cl)ccc21. The van der Waals surface area contributed by atoms with Crippen LogP contribution in [-0.2, 0) is 20.9 Å². The summed E-state index contributed by atoms with van der Waals surface area (Å²) >= 11 is 9.10. The van der Waals surface area contributed by atoms with Crippen LogP contribution in [0.2, 0.25) is 5.02 Å². The molecule has 0 aliphatic carbocycles. The van der Waals surface area contributed by atoms with Crippen LogP contribution in [-0.4, -0.2) is 29.8 Å². The molecule has 0 saturated heterocycles. The molecule has 8 heteroatoms. The largest absolute Gasteiger partial charge is 0.468 e. The van der Waals surface area contributed by atoms with Crippen molar-refractivity contribution < 1.29 is 23.5 Å². The number of fused-ring (bicyclic) bond motifs is 1. The van der Waals surface area contributed by atoms with Gasteiger partial charge in [-0.2, -0.15) is 0 Å². The van der Waals surface area contributed by atoms with Gasteiger partial charge in [-0.25, -0.2) is 4.39 Å². The van der Waals surface area contributed by atoms with Crippen molar-refractivity contribution >= 4 is 45.3 Å². The fourth-order valence-corrected chi connectivity index (χ4v) is 3.32. The second kappa shape index (κ2) is 7.17. The van der Waals surface area contributed by atoms with Crippen molar-refractivity contribution in [2.45, 2.75) is 12.5 Å². The Morgan fingerprint density at radius 1 is 1.27 bits per heavy atom. The van der Waals surface area contributed by atoms with Crippen molar-refractivity contribution in [3.05, 3.63) is 68.4 Å². The summed E-state index contributed by atoms with van der Waals surface area (Å²) in [5.41, 5.74) is 0.484. The lowest BCUT2D eigenvalue weighted by atomic mass is 9.88. The van der Waals surface area contributed by atoms with Crippen LogP contribution in [0.1, 0.15) is 27.4 Å². The molecule has 134 valence electrons. The van der Waals surface area contributed by atoms with E-state index in [-0.39, 0.29) is 28.3 Å². The minimum absolute atomic E-state index is 0.116. The van der Waals surface area contributed by atoms with Crippen molar-refractivity contribution in [2.75, 3.05) is 7.11 Å². The number of imide groups is 1. The van der Waals surface area contributed by atoms with Gasteiger partial charge in [0.15, 0.2) is 5.92 Å². The highest BCUT2D eigenvalue weighted by molar-refractivity contribution is 9.10. The Hall–Kier alpha value is -2.25. The molecule has 1 aliphatic rings. The van der Waals surface area contributed by atoms with Crippen LogP contribution in [0.15, 0.2) is 40.9 Å². The Morgan fingerprint density at radius 2 is 2.00 bits per heavy atom. The first-order chi connectivity index (χ1) is 12.3. The van der Waals surface area contributed by atoms with Crippen molar-refractivity contribution in [3.63, 3.8) is 0 Å². The molecule has 0 spiro atoms. The zero-order valence-electron chi connectivity index (χ0n) is 13.5. The number of methoxy groups -OCH3 is 1. The number of nitrogens with zero attached hydrogens (tertiary/aromatic N) is 1. The van der Waals surface area contributed by atoms with E-state index in [1.54, 1.807) is 6.07 Å². The molecule has 2 aromatic carbocycles. The predicted octanol–water partition coefficient (Wildman–Crippen LogP) is 3.68. The van der Waals surface area contributed by atoms with Crippen LogP contribution in [0.3, 0.4) is 0 Å². The third-order valence-corrected chi connectivity index (χ3v) is 4.82. The lowest BCUT2D eigenvalue weighted by molar-refractivity contribution is -0.149. The third-order valence-electron chi connectivity index (χ3n) is 4.10. The Morgan fingerprint density at radius 3 is 2.65 bits per heavy atom. The maximum absolute atomic E-state index is 14.1. The number of carbonyl (C=O) groups excluding carboxylic acids is 3. The smallest absolute Gasteiger partial charge is 0.322 e. The number of esters is 1. The molecule has 1 heterocycles. The highest BCUT2D eigenvalue weighted by atomic mass is 79.9. The lowest BCUT2D eigenvalue weighted by Crippen LogP contribution is -2.46. The molecule has 1 atom stereocenters. The van der Waals surface area contributed by atoms with Crippen molar-refractivity contribution in [1.82, 2.24) is 4.90 Å². The number of amides is 2.